The van der Waals surface area contributed by atoms with Crippen molar-refractivity contribution in [1.82, 2.24) is 5.32 Å². The number of ether oxygens (including phenoxy) is 2. The highest BCUT2D eigenvalue weighted by molar-refractivity contribution is 6.31. The molecule has 1 aromatic rings. The first-order valence-electron chi connectivity index (χ1n) is 7.86. The van der Waals surface area contributed by atoms with E-state index in [1.165, 1.54) is 0 Å². The fraction of sp³-hybridized carbons (Fsp3) is 0.529. The molecule has 1 atom stereocenters. The summed E-state index contributed by atoms with van der Waals surface area (Å²) < 4.78 is 10.9. The molecule has 1 saturated heterocycles. The maximum absolute atomic E-state index is 12.5. The number of hydrogen-bond donors (Lipinski definition) is 2. The van der Waals surface area contributed by atoms with Gasteiger partial charge in [-0.15, -0.1) is 0 Å². The van der Waals surface area contributed by atoms with Crippen molar-refractivity contribution in [2.75, 3.05) is 13.2 Å². The molecule has 0 aromatic heterocycles. The lowest BCUT2D eigenvalue weighted by molar-refractivity contribution is -0.141. The molecule has 1 aliphatic heterocycles. The number of carbonyl (C=O) groups is 2. The van der Waals surface area contributed by atoms with E-state index in [1.807, 2.05) is 6.92 Å². The Kier molecular flexibility index (Phi) is 6.07. The van der Waals surface area contributed by atoms with Crippen molar-refractivity contribution in [3.8, 4) is 5.75 Å². The van der Waals surface area contributed by atoms with Crippen molar-refractivity contribution in [2.45, 2.75) is 44.8 Å². The molecule has 1 aliphatic rings. The summed E-state index contributed by atoms with van der Waals surface area (Å²) in [4.78, 5) is 23.6. The third kappa shape index (κ3) is 4.85. The molecule has 2 rings (SSSR count). The van der Waals surface area contributed by atoms with Crippen molar-refractivity contribution < 1.29 is 24.2 Å². The van der Waals surface area contributed by atoms with Gasteiger partial charge in [0.25, 0.3) is 5.91 Å². The van der Waals surface area contributed by atoms with Gasteiger partial charge in [0.05, 0.1) is 12.0 Å². The Balaban J connectivity index is 2.02. The predicted molar refractivity (Wildman–Crippen MR) is 89.5 cm³/mol. The highest BCUT2D eigenvalue weighted by atomic mass is 35.5. The minimum absolute atomic E-state index is 0.130. The van der Waals surface area contributed by atoms with Crippen LogP contribution in [0.2, 0.25) is 5.02 Å². The molecule has 7 heteroatoms. The van der Waals surface area contributed by atoms with Crippen molar-refractivity contribution >= 4 is 23.5 Å². The third-order valence-electron chi connectivity index (χ3n) is 4.14. The Labute approximate surface area is 146 Å². The zero-order valence-electron chi connectivity index (χ0n) is 13.8. The summed E-state index contributed by atoms with van der Waals surface area (Å²) in [6.45, 7) is 4.34. The molecule has 1 unspecified atom stereocenters. The van der Waals surface area contributed by atoms with Crippen molar-refractivity contribution in [1.29, 1.82) is 0 Å². The second kappa shape index (κ2) is 7.85. The Bertz CT molecular complexity index is 613. The molecule has 0 aliphatic carbocycles. The van der Waals surface area contributed by atoms with Crippen LogP contribution in [0.1, 0.15) is 31.7 Å². The summed E-state index contributed by atoms with van der Waals surface area (Å²) in [5.74, 6) is -0.747. The smallest absolute Gasteiger partial charge is 0.305 e. The molecule has 0 saturated carbocycles. The molecule has 6 nitrogen and oxygen atoms in total. The van der Waals surface area contributed by atoms with Crippen molar-refractivity contribution in [3.63, 3.8) is 0 Å². The fourth-order valence-electron chi connectivity index (χ4n) is 2.71. The molecule has 132 valence electrons. The van der Waals surface area contributed by atoms with Crippen LogP contribution in [0.4, 0.5) is 0 Å². The maximum Gasteiger partial charge on any atom is 0.305 e. The van der Waals surface area contributed by atoms with Gasteiger partial charge in [0.1, 0.15) is 5.75 Å². The number of carboxylic acid groups (broad SMARTS) is 1. The number of nitrogens with one attached hydrogen (secondary N) is 1. The Morgan fingerprint density at radius 3 is 2.67 bits per heavy atom. The first-order valence-corrected chi connectivity index (χ1v) is 8.23. The molecule has 1 aromatic carbocycles. The lowest BCUT2D eigenvalue weighted by atomic mass is 9.86. The average molecular weight is 356 g/mol. The van der Waals surface area contributed by atoms with Gasteiger partial charge in [-0.05, 0) is 50.5 Å². The van der Waals surface area contributed by atoms with E-state index in [0.29, 0.717) is 36.8 Å². The number of carboxylic acids is 1. The first kappa shape index (κ1) is 18.5. The zero-order valence-corrected chi connectivity index (χ0v) is 14.6. The Hall–Kier alpha value is -1.79. The molecule has 24 heavy (non-hydrogen) atoms. The molecule has 0 spiro atoms. The number of aryl methyl sites for hydroxylation is 1. The minimum atomic E-state index is -0.945. The van der Waals surface area contributed by atoms with Crippen LogP contribution in [-0.2, 0) is 14.3 Å². The number of aliphatic carboxylic acids is 1. The SMILES string of the molecule is Cc1cc(OC(C)C(=O)NC2(CC(=O)O)CCOCC2)ccc1Cl. The summed E-state index contributed by atoms with van der Waals surface area (Å²) in [6.07, 6.45) is 0.0592. The molecule has 0 radical (unpaired) electrons. The molecule has 0 bridgehead atoms. The Morgan fingerprint density at radius 2 is 2.08 bits per heavy atom. The standard InChI is InChI=1S/C17H22ClNO5/c1-11-9-13(3-4-14(11)18)24-12(2)16(22)19-17(10-15(20)21)5-7-23-8-6-17/h3-4,9,12H,5-8,10H2,1-2H3,(H,19,22)(H,20,21). The predicted octanol–water partition coefficient (Wildman–Crippen LogP) is 2.56. The minimum Gasteiger partial charge on any atom is -0.481 e. The van der Waals surface area contributed by atoms with E-state index in [9.17, 15) is 9.59 Å². The van der Waals surface area contributed by atoms with E-state index in [2.05, 4.69) is 5.32 Å². The van der Waals surface area contributed by atoms with Gasteiger partial charge in [0.2, 0.25) is 0 Å². The summed E-state index contributed by atoms with van der Waals surface area (Å²) >= 11 is 5.97. The van der Waals surface area contributed by atoms with E-state index >= 15 is 0 Å². The quantitative estimate of drug-likeness (QED) is 0.819. The van der Waals surface area contributed by atoms with Crippen LogP contribution in [0.5, 0.6) is 5.75 Å². The van der Waals surface area contributed by atoms with Crippen LogP contribution in [0.15, 0.2) is 18.2 Å². The first-order chi connectivity index (χ1) is 11.3. The number of benzene rings is 1. The van der Waals surface area contributed by atoms with Crippen LogP contribution in [-0.4, -0.2) is 41.8 Å². The highest BCUT2D eigenvalue weighted by Crippen LogP contribution is 2.26. The van der Waals surface area contributed by atoms with Crippen LogP contribution in [0, 0.1) is 6.92 Å². The summed E-state index contributed by atoms with van der Waals surface area (Å²) in [7, 11) is 0. The van der Waals surface area contributed by atoms with Gasteiger partial charge in [-0.25, -0.2) is 0 Å². The lowest BCUT2D eigenvalue weighted by Gasteiger charge is -2.37. The molecular formula is C17H22ClNO5. The normalized spacial score (nSPS) is 17.8. The van der Waals surface area contributed by atoms with E-state index in [-0.39, 0.29) is 12.3 Å². The van der Waals surface area contributed by atoms with Crippen LogP contribution < -0.4 is 10.1 Å². The molecule has 1 fully saturated rings. The van der Waals surface area contributed by atoms with Gasteiger partial charge in [0.15, 0.2) is 6.10 Å². The van der Waals surface area contributed by atoms with Gasteiger partial charge in [-0.3, -0.25) is 9.59 Å². The van der Waals surface area contributed by atoms with E-state index in [4.69, 9.17) is 26.2 Å². The number of amides is 1. The number of rotatable bonds is 6. The second-order valence-corrected chi connectivity index (χ2v) is 6.53. The average Bonchev–Trinajstić information content (AvgIpc) is 2.50. The molecular weight excluding hydrogens is 334 g/mol. The largest absolute Gasteiger partial charge is 0.481 e. The van der Waals surface area contributed by atoms with Gasteiger partial charge >= 0.3 is 5.97 Å². The van der Waals surface area contributed by atoms with Gasteiger partial charge in [-0.1, -0.05) is 11.6 Å². The fourth-order valence-corrected chi connectivity index (χ4v) is 2.83. The van der Waals surface area contributed by atoms with E-state index in [0.717, 1.165) is 5.56 Å². The van der Waals surface area contributed by atoms with Gasteiger partial charge < -0.3 is 19.9 Å². The highest BCUT2D eigenvalue weighted by Gasteiger charge is 2.37. The molecule has 2 N–H and O–H groups in total. The summed E-state index contributed by atoms with van der Waals surface area (Å²) in [6, 6.07) is 5.16. The summed E-state index contributed by atoms with van der Waals surface area (Å²) in [5.41, 5.74) is 0.0721. The summed E-state index contributed by atoms with van der Waals surface area (Å²) in [5, 5.41) is 12.6. The van der Waals surface area contributed by atoms with E-state index in [1.54, 1.807) is 25.1 Å². The number of carbonyl (C=O) groups excluding carboxylic acids is 1. The van der Waals surface area contributed by atoms with Crippen molar-refractivity contribution in [2.24, 2.45) is 0 Å². The number of halogens is 1. The van der Waals surface area contributed by atoms with Crippen LogP contribution in [0.25, 0.3) is 0 Å². The lowest BCUT2D eigenvalue weighted by Crippen LogP contribution is -2.56. The second-order valence-electron chi connectivity index (χ2n) is 6.12. The zero-order chi connectivity index (χ0) is 17.7. The topological polar surface area (TPSA) is 84.9 Å². The molecule has 1 heterocycles. The number of hydrogen-bond acceptors (Lipinski definition) is 4. The molecule has 1 amide bonds. The van der Waals surface area contributed by atoms with Gasteiger partial charge in [0, 0.05) is 18.2 Å². The van der Waals surface area contributed by atoms with Crippen LogP contribution >= 0.6 is 11.6 Å². The van der Waals surface area contributed by atoms with Crippen LogP contribution in [0.3, 0.4) is 0 Å². The monoisotopic (exact) mass is 355 g/mol. The van der Waals surface area contributed by atoms with E-state index < -0.39 is 17.6 Å². The third-order valence-corrected chi connectivity index (χ3v) is 4.56. The van der Waals surface area contributed by atoms with Crippen molar-refractivity contribution in [3.05, 3.63) is 28.8 Å². The Morgan fingerprint density at radius 1 is 1.42 bits per heavy atom. The maximum atomic E-state index is 12.5. The van der Waals surface area contributed by atoms with Gasteiger partial charge in [-0.2, -0.15) is 0 Å².